The molecule has 0 saturated carbocycles. The van der Waals surface area contributed by atoms with Crippen molar-refractivity contribution in [2.45, 2.75) is 24.9 Å². The molecule has 0 aromatic carbocycles. The summed E-state index contributed by atoms with van der Waals surface area (Å²) in [6.07, 6.45) is -8.78. The van der Waals surface area contributed by atoms with E-state index in [0.717, 1.165) is 0 Å². The number of carbonyl (C=O) groups excluding carboxylic acids is 1. The first-order chi connectivity index (χ1) is 5.17. The Labute approximate surface area is 92.4 Å². The molecule has 0 spiro atoms. The molecule has 0 unspecified atom stereocenters. The molecule has 0 atom stereocenters. The Balaban J connectivity index is 0. The summed E-state index contributed by atoms with van der Waals surface area (Å²) < 4.78 is 57.7. The number of aliphatic carboxylic acids is 1. The monoisotopic (exact) mass is 214 g/mol. The van der Waals surface area contributed by atoms with Crippen LogP contribution in [0.1, 0.15) is 12.8 Å². The summed E-state index contributed by atoms with van der Waals surface area (Å²) in [5.41, 5.74) is 0. The van der Waals surface area contributed by atoms with Gasteiger partial charge in [0.25, 0.3) is 0 Å². The van der Waals surface area contributed by atoms with Crippen LogP contribution in [0.15, 0.2) is 0 Å². The smallest absolute Gasteiger partial charge is 0.550 e. The molecule has 8 heteroatoms. The Kier molecular flexibility index (Phi) is 6.13. The van der Waals surface area contributed by atoms with Gasteiger partial charge in [-0.3, -0.25) is 0 Å². The summed E-state index contributed by atoms with van der Waals surface area (Å²) in [6.45, 7) is 0. The third-order valence-electron chi connectivity index (χ3n) is 1.06. The maximum Gasteiger partial charge on any atom is 1.00 e. The molecule has 0 aromatic rings. The molecular formula is C5H4F5NaO2. The van der Waals surface area contributed by atoms with Crippen molar-refractivity contribution in [2.24, 2.45) is 0 Å². The van der Waals surface area contributed by atoms with Crippen molar-refractivity contribution in [2.75, 3.05) is 0 Å². The van der Waals surface area contributed by atoms with Gasteiger partial charge in [0.2, 0.25) is 0 Å². The fraction of sp³-hybridized carbons (Fsp3) is 0.800. The van der Waals surface area contributed by atoms with Crippen LogP contribution in [0.3, 0.4) is 0 Å². The van der Waals surface area contributed by atoms with Crippen molar-refractivity contribution >= 4 is 5.97 Å². The van der Waals surface area contributed by atoms with Gasteiger partial charge in [0.05, 0.1) is 0 Å². The van der Waals surface area contributed by atoms with Gasteiger partial charge in [-0.2, -0.15) is 22.0 Å². The first-order valence-electron chi connectivity index (χ1n) is 2.81. The third-order valence-corrected chi connectivity index (χ3v) is 1.06. The molecule has 0 aromatic heterocycles. The summed E-state index contributed by atoms with van der Waals surface area (Å²) in [7, 11) is 0. The third kappa shape index (κ3) is 5.43. The van der Waals surface area contributed by atoms with E-state index < -0.39 is 30.9 Å². The average Bonchev–Trinajstić information content (AvgIpc) is 1.81. The molecule has 72 valence electrons. The van der Waals surface area contributed by atoms with Gasteiger partial charge in [-0.15, -0.1) is 0 Å². The van der Waals surface area contributed by atoms with E-state index in [2.05, 4.69) is 0 Å². The molecule has 0 rings (SSSR count). The number of alkyl halides is 5. The van der Waals surface area contributed by atoms with Crippen LogP contribution in [0, 0.1) is 0 Å². The van der Waals surface area contributed by atoms with Crippen LogP contribution in [-0.2, 0) is 4.79 Å². The van der Waals surface area contributed by atoms with E-state index in [1.807, 2.05) is 0 Å². The second-order valence-electron chi connectivity index (χ2n) is 2.07. The molecule has 0 amide bonds. The SMILES string of the molecule is O=C([O-])CCC(F)(F)C(F)(F)F.[Na+]. The number of halogens is 5. The minimum Gasteiger partial charge on any atom is -0.550 e. The van der Waals surface area contributed by atoms with Gasteiger partial charge < -0.3 is 9.90 Å². The molecule has 0 heterocycles. The molecule has 0 N–H and O–H groups in total. The van der Waals surface area contributed by atoms with Gasteiger partial charge in [-0.1, -0.05) is 0 Å². The zero-order valence-corrected chi connectivity index (χ0v) is 8.62. The number of carbonyl (C=O) groups is 1. The van der Waals surface area contributed by atoms with Crippen LogP contribution in [-0.4, -0.2) is 18.1 Å². The van der Waals surface area contributed by atoms with E-state index in [4.69, 9.17) is 0 Å². The standard InChI is InChI=1S/C5H5F5O2.Na/c6-4(7,5(8,9)10)2-1-3(11)12;/h1-2H2,(H,11,12);/q;+1/p-1. The Hall–Kier alpha value is 0.120. The fourth-order valence-electron chi connectivity index (χ4n) is 0.401. The maximum atomic E-state index is 11.9. The predicted molar refractivity (Wildman–Crippen MR) is 25.2 cm³/mol. The van der Waals surface area contributed by atoms with E-state index in [1.54, 1.807) is 0 Å². The van der Waals surface area contributed by atoms with Gasteiger partial charge in [0, 0.05) is 12.4 Å². The van der Waals surface area contributed by atoms with Gasteiger partial charge in [0.1, 0.15) is 0 Å². The summed E-state index contributed by atoms with van der Waals surface area (Å²) in [4.78, 5) is 9.56. The summed E-state index contributed by atoms with van der Waals surface area (Å²) in [5, 5.41) is 9.56. The van der Waals surface area contributed by atoms with Gasteiger partial charge in [0.15, 0.2) is 0 Å². The molecule has 0 aliphatic carbocycles. The zero-order chi connectivity index (χ0) is 9.99. The number of rotatable bonds is 3. The van der Waals surface area contributed by atoms with E-state index in [0.29, 0.717) is 0 Å². The van der Waals surface area contributed by atoms with Gasteiger partial charge in [-0.05, 0) is 6.42 Å². The van der Waals surface area contributed by atoms with Crippen LogP contribution in [0.5, 0.6) is 0 Å². The second-order valence-corrected chi connectivity index (χ2v) is 2.07. The Bertz CT molecular complexity index is 178. The van der Waals surface area contributed by atoms with E-state index in [1.165, 1.54) is 0 Å². The summed E-state index contributed by atoms with van der Waals surface area (Å²) in [5.74, 6) is -6.88. The van der Waals surface area contributed by atoms with Crippen LogP contribution in [0.2, 0.25) is 0 Å². The number of hydrogen-bond acceptors (Lipinski definition) is 2. The molecule has 0 bridgehead atoms. The first kappa shape index (κ1) is 15.6. The molecule has 0 fully saturated rings. The Morgan fingerprint density at radius 3 is 1.77 bits per heavy atom. The largest absolute Gasteiger partial charge is 1.00 e. The minimum absolute atomic E-state index is 0. The van der Waals surface area contributed by atoms with Crippen molar-refractivity contribution in [1.29, 1.82) is 0 Å². The second kappa shape index (κ2) is 5.11. The van der Waals surface area contributed by atoms with Gasteiger partial charge in [-0.25, -0.2) is 0 Å². The molecule has 0 saturated heterocycles. The molecular weight excluding hydrogens is 210 g/mol. The molecule has 2 nitrogen and oxygen atoms in total. The van der Waals surface area contributed by atoms with Crippen molar-refractivity contribution in [1.82, 2.24) is 0 Å². The molecule has 0 aliphatic heterocycles. The van der Waals surface area contributed by atoms with Crippen molar-refractivity contribution in [3.8, 4) is 0 Å². The predicted octanol–water partition coefficient (Wildman–Crippen LogP) is -2.28. The van der Waals surface area contributed by atoms with Crippen molar-refractivity contribution < 1.29 is 61.4 Å². The fourth-order valence-corrected chi connectivity index (χ4v) is 0.401. The summed E-state index contributed by atoms with van der Waals surface area (Å²) in [6, 6.07) is 0. The Morgan fingerprint density at radius 2 is 1.54 bits per heavy atom. The molecule has 13 heavy (non-hydrogen) atoms. The number of carboxylic acids is 1. The minimum atomic E-state index is -5.69. The van der Waals surface area contributed by atoms with Crippen LogP contribution < -0.4 is 34.7 Å². The van der Waals surface area contributed by atoms with E-state index in [9.17, 15) is 31.9 Å². The quantitative estimate of drug-likeness (QED) is 0.392. The Morgan fingerprint density at radius 1 is 1.15 bits per heavy atom. The molecule has 0 aliphatic rings. The van der Waals surface area contributed by atoms with Crippen LogP contribution in [0.4, 0.5) is 22.0 Å². The maximum absolute atomic E-state index is 11.9. The van der Waals surface area contributed by atoms with Crippen LogP contribution >= 0.6 is 0 Å². The average molecular weight is 214 g/mol. The number of carboxylic acid groups (broad SMARTS) is 1. The normalized spacial score (nSPS) is 12.1. The van der Waals surface area contributed by atoms with Crippen molar-refractivity contribution in [3.63, 3.8) is 0 Å². The first-order valence-corrected chi connectivity index (χ1v) is 2.81. The van der Waals surface area contributed by atoms with Gasteiger partial charge >= 0.3 is 41.7 Å². The zero-order valence-electron chi connectivity index (χ0n) is 6.62. The number of hydrogen-bond donors (Lipinski definition) is 0. The van der Waals surface area contributed by atoms with Crippen molar-refractivity contribution in [3.05, 3.63) is 0 Å². The van der Waals surface area contributed by atoms with Crippen LogP contribution in [0.25, 0.3) is 0 Å². The molecule has 0 radical (unpaired) electrons. The topological polar surface area (TPSA) is 40.1 Å². The van der Waals surface area contributed by atoms with E-state index in [-0.39, 0.29) is 29.6 Å². The van der Waals surface area contributed by atoms with E-state index >= 15 is 0 Å². The summed E-state index contributed by atoms with van der Waals surface area (Å²) >= 11 is 0.